The predicted octanol–water partition coefficient (Wildman–Crippen LogP) is 9.33. The van der Waals surface area contributed by atoms with Gasteiger partial charge in [0, 0.05) is 11.6 Å². The zero-order chi connectivity index (χ0) is 35.6. The first kappa shape index (κ1) is 38.9. The summed E-state index contributed by atoms with van der Waals surface area (Å²) in [5, 5.41) is 13.2. The SMILES string of the molecule is CCC(Oc1ccc(C(C)(C)CC)cc1C(C)(C)CC)C(=O)Nc1cc(O)c(NC(=O)C(F)(F)C(F)(F)C(F)(F)C(F)F)cc1Cl. The molecule has 0 saturated heterocycles. The lowest BCUT2D eigenvalue weighted by atomic mass is 9.76. The van der Waals surface area contributed by atoms with Crippen LogP contribution in [-0.2, 0) is 20.4 Å². The summed E-state index contributed by atoms with van der Waals surface area (Å²) in [5.41, 5.74) is 0.0969. The summed E-state index contributed by atoms with van der Waals surface area (Å²) in [6, 6.07) is 6.96. The molecular weight excluding hydrogens is 652 g/mol. The Balaban J connectivity index is 2.34. The Hall–Kier alpha value is -3.29. The van der Waals surface area contributed by atoms with E-state index in [4.69, 9.17) is 16.3 Å². The van der Waals surface area contributed by atoms with Gasteiger partial charge in [-0.1, -0.05) is 72.2 Å². The number of halogens is 9. The highest BCUT2D eigenvalue weighted by Crippen LogP contribution is 2.49. The van der Waals surface area contributed by atoms with Gasteiger partial charge in [0.15, 0.2) is 6.10 Å². The average Bonchev–Trinajstić information content (AvgIpc) is 2.97. The molecule has 2 aromatic rings. The molecule has 2 aromatic carbocycles. The first-order chi connectivity index (χ1) is 20.9. The quantitative estimate of drug-likeness (QED) is 0.136. The van der Waals surface area contributed by atoms with Gasteiger partial charge in [-0.15, -0.1) is 0 Å². The molecule has 0 aliphatic carbocycles. The third-order valence-electron chi connectivity index (χ3n) is 8.15. The molecule has 1 atom stereocenters. The molecule has 0 saturated carbocycles. The van der Waals surface area contributed by atoms with Gasteiger partial charge in [0.05, 0.1) is 16.4 Å². The van der Waals surface area contributed by atoms with Crippen LogP contribution in [0.2, 0.25) is 5.02 Å². The Morgan fingerprint density at radius 1 is 0.870 bits per heavy atom. The number of hydrogen-bond donors (Lipinski definition) is 3. The largest absolute Gasteiger partial charge is 0.506 e. The number of carbonyl (C=O) groups excluding carboxylic acids is 2. The van der Waals surface area contributed by atoms with Crippen LogP contribution in [0.15, 0.2) is 30.3 Å². The molecule has 15 heteroatoms. The zero-order valence-corrected chi connectivity index (χ0v) is 27.0. The maximum Gasteiger partial charge on any atom is 0.393 e. The van der Waals surface area contributed by atoms with Crippen LogP contribution in [0.25, 0.3) is 0 Å². The number of nitrogens with one attached hydrogen (secondary N) is 2. The smallest absolute Gasteiger partial charge is 0.393 e. The molecule has 3 N–H and O–H groups in total. The molecular formula is C31H37ClF8N2O4. The number of alkyl halides is 8. The highest BCUT2D eigenvalue weighted by molar-refractivity contribution is 6.34. The van der Waals surface area contributed by atoms with Crippen LogP contribution in [0.5, 0.6) is 11.5 Å². The molecule has 258 valence electrons. The summed E-state index contributed by atoms with van der Waals surface area (Å²) in [6.07, 6.45) is -4.55. The lowest BCUT2D eigenvalue weighted by Crippen LogP contribution is -2.61. The molecule has 0 fully saturated rings. The van der Waals surface area contributed by atoms with Crippen molar-refractivity contribution in [1.82, 2.24) is 0 Å². The van der Waals surface area contributed by atoms with Gasteiger partial charge in [0.1, 0.15) is 11.5 Å². The van der Waals surface area contributed by atoms with E-state index >= 15 is 0 Å². The van der Waals surface area contributed by atoms with E-state index in [2.05, 4.69) is 26.1 Å². The fourth-order valence-electron chi connectivity index (χ4n) is 4.11. The molecule has 46 heavy (non-hydrogen) atoms. The van der Waals surface area contributed by atoms with Crippen molar-refractivity contribution in [1.29, 1.82) is 0 Å². The maximum absolute atomic E-state index is 14.0. The third-order valence-corrected chi connectivity index (χ3v) is 8.47. The van der Waals surface area contributed by atoms with Crippen molar-refractivity contribution >= 4 is 34.8 Å². The summed E-state index contributed by atoms with van der Waals surface area (Å²) in [4.78, 5) is 25.0. The minimum absolute atomic E-state index is 0.128. The number of phenols is 1. The lowest BCUT2D eigenvalue weighted by molar-refractivity contribution is -0.326. The number of rotatable bonds is 14. The monoisotopic (exact) mass is 688 g/mol. The summed E-state index contributed by atoms with van der Waals surface area (Å²) >= 11 is 6.06. The summed E-state index contributed by atoms with van der Waals surface area (Å²) in [7, 11) is 0. The molecule has 2 rings (SSSR count). The minimum atomic E-state index is -6.81. The van der Waals surface area contributed by atoms with Crippen LogP contribution in [0.3, 0.4) is 0 Å². The predicted molar refractivity (Wildman–Crippen MR) is 159 cm³/mol. The number of aromatic hydroxyl groups is 1. The molecule has 0 heterocycles. The van der Waals surface area contributed by atoms with Gasteiger partial charge < -0.3 is 20.5 Å². The van der Waals surface area contributed by atoms with Gasteiger partial charge in [-0.2, -0.15) is 26.3 Å². The van der Waals surface area contributed by atoms with E-state index in [9.17, 15) is 49.8 Å². The van der Waals surface area contributed by atoms with Gasteiger partial charge >= 0.3 is 30.1 Å². The van der Waals surface area contributed by atoms with E-state index < -0.39 is 58.6 Å². The summed E-state index contributed by atoms with van der Waals surface area (Å²) in [6.45, 7) is 14.0. The van der Waals surface area contributed by atoms with Crippen LogP contribution in [-0.4, -0.2) is 47.2 Å². The highest BCUT2D eigenvalue weighted by atomic mass is 35.5. The second kappa shape index (κ2) is 13.8. The Bertz CT molecular complexity index is 1430. The van der Waals surface area contributed by atoms with Gasteiger partial charge in [-0.25, -0.2) is 8.78 Å². The van der Waals surface area contributed by atoms with Gasteiger partial charge in [-0.3, -0.25) is 9.59 Å². The van der Waals surface area contributed by atoms with Crippen molar-refractivity contribution in [2.75, 3.05) is 10.6 Å². The Morgan fingerprint density at radius 2 is 1.43 bits per heavy atom. The van der Waals surface area contributed by atoms with Crippen molar-refractivity contribution in [3.63, 3.8) is 0 Å². The first-order valence-corrected chi connectivity index (χ1v) is 14.7. The third kappa shape index (κ3) is 7.63. The number of amides is 2. The van der Waals surface area contributed by atoms with Crippen molar-refractivity contribution in [3.8, 4) is 11.5 Å². The minimum Gasteiger partial charge on any atom is -0.506 e. The van der Waals surface area contributed by atoms with E-state index in [1.165, 1.54) is 0 Å². The topological polar surface area (TPSA) is 87.7 Å². The van der Waals surface area contributed by atoms with Crippen molar-refractivity contribution in [2.24, 2.45) is 0 Å². The van der Waals surface area contributed by atoms with E-state index in [0.29, 0.717) is 17.9 Å². The number of benzene rings is 2. The second-order valence-corrected chi connectivity index (χ2v) is 12.5. The van der Waals surface area contributed by atoms with Crippen molar-refractivity contribution < 1.29 is 54.6 Å². The van der Waals surface area contributed by atoms with Gasteiger partial charge in [0.2, 0.25) is 0 Å². The van der Waals surface area contributed by atoms with Crippen LogP contribution in [0, 0.1) is 0 Å². The lowest BCUT2D eigenvalue weighted by Gasteiger charge is -2.31. The molecule has 6 nitrogen and oxygen atoms in total. The normalized spacial score (nSPS) is 13.8. The Kier molecular flexibility index (Phi) is 11.7. The fraction of sp³-hybridized carbons (Fsp3) is 0.548. The van der Waals surface area contributed by atoms with Crippen LogP contribution in [0.1, 0.15) is 78.9 Å². The molecule has 0 aromatic heterocycles. The number of hydrogen-bond acceptors (Lipinski definition) is 4. The highest BCUT2D eigenvalue weighted by Gasteiger charge is 2.78. The van der Waals surface area contributed by atoms with Gasteiger partial charge in [0.25, 0.3) is 5.91 Å². The molecule has 0 spiro atoms. The van der Waals surface area contributed by atoms with Crippen LogP contribution in [0.4, 0.5) is 46.5 Å². The van der Waals surface area contributed by atoms with Gasteiger partial charge in [-0.05, 0) is 47.8 Å². The maximum atomic E-state index is 14.0. The van der Waals surface area contributed by atoms with E-state index in [1.54, 1.807) is 13.0 Å². The molecule has 2 amide bonds. The zero-order valence-electron chi connectivity index (χ0n) is 26.2. The standard InChI is InChI=1S/C31H37ClF8N2O4/c1-8-22(46-23-12-11-16(27(4,5)9-2)13-17(23)28(6,7)10-3)24(44)41-19-15-21(43)20(14-18(19)32)42-26(45)30(37,38)31(39,40)29(35,36)25(33)34/h11-15,22,25,43H,8-10H2,1-7H3,(H,41,44)(H,42,45). The average molecular weight is 689 g/mol. The van der Waals surface area contributed by atoms with Crippen molar-refractivity contribution in [2.45, 2.75) is 109 Å². The molecule has 0 aliphatic rings. The van der Waals surface area contributed by atoms with Crippen LogP contribution >= 0.6 is 11.6 Å². The fourth-order valence-corrected chi connectivity index (χ4v) is 4.32. The molecule has 1 unspecified atom stereocenters. The number of ether oxygens (including phenoxy) is 1. The van der Waals surface area contributed by atoms with E-state index in [0.717, 1.165) is 29.3 Å². The van der Waals surface area contributed by atoms with E-state index in [-0.39, 0.29) is 22.9 Å². The van der Waals surface area contributed by atoms with Crippen molar-refractivity contribution in [3.05, 3.63) is 46.5 Å². The van der Waals surface area contributed by atoms with Crippen LogP contribution < -0.4 is 15.4 Å². The summed E-state index contributed by atoms with van der Waals surface area (Å²) in [5.74, 6) is -24.3. The number of phenolic OH excluding ortho intramolecular Hbond substituents is 1. The summed E-state index contributed by atoms with van der Waals surface area (Å²) < 4.78 is 112. The molecule has 0 aliphatic heterocycles. The Labute approximate surface area is 266 Å². The number of carbonyl (C=O) groups is 2. The second-order valence-electron chi connectivity index (χ2n) is 12.1. The Morgan fingerprint density at radius 3 is 1.93 bits per heavy atom. The first-order valence-electron chi connectivity index (χ1n) is 14.3. The molecule has 0 radical (unpaired) electrons. The van der Waals surface area contributed by atoms with E-state index in [1.807, 2.05) is 32.9 Å². The molecule has 0 bridgehead atoms. The number of anilines is 2.